The Bertz CT molecular complexity index is 1010. The third kappa shape index (κ3) is 7.31. The summed E-state index contributed by atoms with van der Waals surface area (Å²) in [7, 11) is 0. The van der Waals surface area contributed by atoms with E-state index in [2.05, 4.69) is 10.3 Å². The number of carboxylic acid groups (broad SMARTS) is 1. The molecule has 2 amide bonds. The number of carbonyl (C=O) groups is 4. The molecule has 0 aliphatic carbocycles. The lowest BCUT2D eigenvalue weighted by atomic mass is 10.1. The fourth-order valence-electron chi connectivity index (χ4n) is 3.08. The lowest BCUT2D eigenvalue weighted by Gasteiger charge is -2.18. The number of benzene rings is 1. The number of carboxylic acids is 1. The van der Waals surface area contributed by atoms with Crippen LogP contribution in [0.1, 0.15) is 42.7 Å². The van der Waals surface area contributed by atoms with Gasteiger partial charge in [-0.15, -0.1) is 0 Å². The number of carbonyl (C=O) groups excluding carboxylic acids is 3. The van der Waals surface area contributed by atoms with Crippen LogP contribution in [0, 0.1) is 0 Å². The lowest BCUT2D eigenvalue weighted by Crippen LogP contribution is -2.25. The highest BCUT2D eigenvalue weighted by molar-refractivity contribution is 8.15. The predicted molar refractivity (Wildman–Crippen MR) is 120 cm³/mol. The van der Waals surface area contributed by atoms with Crippen molar-refractivity contribution >= 4 is 34.8 Å². The Hall–Kier alpha value is -3.40. The molecule has 0 bridgehead atoms. The van der Waals surface area contributed by atoms with Crippen molar-refractivity contribution in [2.24, 2.45) is 0 Å². The van der Waals surface area contributed by atoms with Crippen LogP contribution in [0.4, 0.5) is 4.79 Å². The van der Waals surface area contributed by atoms with Gasteiger partial charge in [0, 0.05) is 6.20 Å². The van der Waals surface area contributed by atoms with Gasteiger partial charge in [-0.3, -0.25) is 29.5 Å². The number of esters is 1. The third-order valence-electron chi connectivity index (χ3n) is 4.92. The van der Waals surface area contributed by atoms with Crippen molar-refractivity contribution < 1.29 is 33.8 Å². The molecular weight excluding hydrogens is 448 g/mol. The maximum atomic E-state index is 12.1. The van der Waals surface area contributed by atoms with Gasteiger partial charge in [-0.25, -0.2) is 0 Å². The minimum atomic E-state index is -1.08. The van der Waals surface area contributed by atoms with Crippen molar-refractivity contribution in [3.63, 3.8) is 0 Å². The quantitative estimate of drug-likeness (QED) is 0.474. The van der Waals surface area contributed by atoms with Crippen molar-refractivity contribution in [2.45, 2.75) is 44.0 Å². The van der Waals surface area contributed by atoms with E-state index < -0.39 is 23.3 Å². The molecule has 1 aromatic heterocycles. The molecule has 2 heterocycles. The summed E-state index contributed by atoms with van der Waals surface area (Å²) in [4.78, 5) is 50.2. The monoisotopic (exact) mass is 472 g/mol. The van der Waals surface area contributed by atoms with E-state index in [1.165, 1.54) is 0 Å². The highest BCUT2D eigenvalue weighted by atomic mass is 32.2. The Kier molecular flexibility index (Phi) is 8.42. The second-order valence-corrected chi connectivity index (χ2v) is 8.53. The van der Waals surface area contributed by atoms with Gasteiger partial charge < -0.3 is 14.6 Å². The number of aryl methyl sites for hydroxylation is 1. The minimum absolute atomic E-state index is 0.00792. The summed E-state index contributed by atoms with van der Waals surface area (Å²) >= 11 is 0.975. The highest BCUT2D eigenvalue weighted by Crippen LogP contribution is 2.25. The molecule has 0 saturated carbocycles. The summed E-state index contributed by atoms with van der Waals surface area (Å²) in [6.07, 6.45) is 1.56. The highest BCUT2D eigenvalue weighted by Gasteiger charge is 2.31. The van der Waals surface area contributed by atoms with E-state index in [-0.39, 0.29) is 30.6 Å². The summed E-state index contributed by atoms with van der Waals surface area (Å²) in [6, 6.07) is 10.7. The fourth-order valence-corrected chi connectivity index (χ4v) is 3.94. The molecule has 2 atom stereocenters. The molecule has 10 heteroatoms. The summed E-state index contributed by atoms with van der Waals surface area (Å²) < 4.78 is 11.2. The number of hydrogen-bond acceptors (Lipinski definition) is 8. The molecule has 1 fully saturated rings. The van der Waals surface area contributed by atoms with Crippen LogP contribution >= 0.6 is 11.8 Å². The van der Waals surface area contributed by atoms with Crippen LogP contribution in [0.2, 0.25) is 0 Å². The first-order valence-corrected chi connectivity index (χ1v) is 11.3. The zero-order valence-electron chi connectivity index (χ0n) is 18.0. The first-order valence-electron chi connectivity index (χ1n) is 10.4. The molecule has 1 unspecified atom stereocenters. The summed E-state index contributed by atoms with van der Waals surface area (Å²) in [6.45, 7) is 1.99. The van der Waals surface area contributed by atoms with Crippen molar-refractivity contribution in [1.82, 2.24) is 10.3 Å². The summed E-state index contributed by atoms with van der Waals surface area (Å²) in [5.74, 6) is -1.50. The largest absolute Gasteiger partial charge is 0.489 e. The number of aliphatic carboxylic acids is 1. The Morgan fingerprint density at radius 1 is 1.12 bits per heavy atom. The Labute approximate surface area is 194 Å². The van der Waals surface area contributed by atoms with Gasteiger partial charge in [0.25, 0.3) is 5.24 Å². The SMILES string of the molecule is CCc1ccc([C@@H](COc2ccc(CC3SC(=O)NC3=O)cc2)OC(=O)CCC(=O)O)nc1. The summed E-state index contributed by atoms with van der Waals surface area (Å²) in [5, 5.41) is 10.3. The molecule has 9 nitrogen and oxygen atoms in total. The van der Waals surface area contributed by atoms with Crippen LogP contribution in [0.5, 0.6) is 5.75 Å². The first-order chi connectivity index (χ1) is 15.8. The second-order valence-electron chi connectivity index (χ2n) is 7.36. The van der Waals surface area contributed by atoms with E-state index in [0.29, 0.717) is 17.9 Å². The van der Waals surface area contributed by atoms with Gasteiger partial charge >= 0.3 is 11.9 Å². The molecule has 1 aromatic carbocycles. The molecule has 1 aliphatic heterocycles. The van der Waals surface area contributed by atoms with Crippen molar-refractivity contribution in [3.8, 4) is 5.75 Å². The number of hydrogen-bond donors (Lipinski definition) is 2. The summed E-state index contributed by atoms with van der Waals surface area (Å²) in [5.41, 5.74) is 2.40. The van der Waals surface area contributed by atoms with Crippen LogP contribution in [0.25, 0.3) is 0 Å². The topological polar surface area (TPSA) is 132 Å². The maximum absolute atomic E-state index is 12.1. The van der Waals surface area contributed by atoms with E-state index in [0.717, 1.165) is 29.3 Å². The fraction of sp³-hybridized carbons (Fsp3) is 0.348. The van der Waals surface area contributed by atoms with Gasteiger partial charge in [0.2, 0.25) is 5.91 Å². The van der Waals surface area contributed by atoms with Gasteiger partial charge in [0.15, 0.2) is 6.10 Å². The molecule has 1 aliphatic rings. The van der Waals surface area contributed by atoms with E-state index in [9.17, 15) is 19.2 Å². The van der Waals surface area contributed by atoms with Crippen LogP contribution in [0.15, 0.2) is 42.6 Å². The Balaban J connectivity index is 1.62. The molecule has 174 valence electrons. The first kappa shape index (κ1) is 24.2. The maximum Gasteiger partial charge on any atom is 0.307 e. The standard InChI is InChI=1S/C23H24N2O7S/c1-2-14-5-8-17(24-12-14)18(32-21(28)10-9-20(26)27)13-31-16-6-3-15(4-7-16)11-19-22(29)25-23(30)33-19/h3-8,12,18-19H,2,9-11,13H2,1H3,(H,26,27)(H,25,29,30)/t18-,19?/m1/s1. The Morgan fingerprint density at radius 3 is 2.42 bits per heavy atom. The van der Waals surface area contributed by atoms with Crippen molar-refractivity contribution in [3.05, 3.63) is 59.4 Å². The van der Waals surface area contributed by atoms with Gasteiger partial charge in [-0.1, -0.05) is 36.9 Å². The van der Waals surface area contributed by atoms with Gasteiger partial charge in [-0.05, 0) is 42.2 Å². The van der Waals surface area contributed by atoms with Crippen molar-refractivity contribution in [2.75, 3.05) is 6.61 Å². The molecule has 0 spiro atoms. The van der Waals surface area contributed by atoms with Crippen LogP contribution in [-0.2, 0) is 32.0 Å². The molecular formula is C23H24N2O7S. The average molecular weight is 473 g/mol. The number of pyridine rings is 1. The second kappa shape index (κ2) is 11.5. The number of nitrogens with zero attached hydrogens (tertiary/aromatic N) is 1. The molecule has 33 heavy (non-hydrogen) atoms. The molecule has 0 radical (unpaired) electrons. The number of ether oxygens (including phenoxy) is 2. The number of thioether (sulfide) groups is 1. The number of imide groups is 1. The normalized spacial score (nSPS) is 16.2. The molecule has 2 aromatic rings. The zero-order valence-corrected chi connectivity index (χ0v) is 18.8. The minimum Gasteiger partial charge on any atom is -0.489 e. The van der Waals surface area contributed by atoms with E-state index >= 15 is 0 Å². The van der Waals surface area contributed by atoms with E-state index in [1.807, 2.05) is 13.0 Å². The van der Waals surface area contributed by atoms with Crippen LogP contribution in [-0.4, -0.2) is 45.0 Å². The van der Waals surface area contributed by atoms with E-state index in [4.69, 9.17) is 14.6 Å². The van der Waals surface area contributed by atoms with Gasteiger partial charge in [0.05, 0.1) is 23.8 Å². The lowest BCUT2D eigenvalue weighted by molar-refractivity contribution is -0.153. The number of aromatic nitrogens is 1. The zero-order chi connectivity index (χ0) is 23.8. The van der Waals surface area contributed by atoms with Crippen LogP contribution in [0.3, 0.4) is 0 Å². The molecule has 2 N–H and O–H groups in total. The predicted octanol–water partition coefficient (Wildman–Crippen LogP) is 3.07. The number of nitrogens with one attached hydrogen (secondary N) is 1. The van der Waals surface area contributed by atoms with Crippen molar-refractivity contribution in [1.29, 1.82) is 0 Å². The van der Waals surface area contributed by atoms with Crippen LogP contribution < -0.4 is 10.1 Å². The number of rotatable bonds is 11. The number of amides is 2. The average Bonchev–Trinajstić information content (AvgIpc) is 3.12. The van der Waals surface area contributed by atoms with Gasteiger partial charge in [0.1, 0.15) is 12.4 Å². The van der Waals surface area contributed by atoms with Gasteiger partial charge in [-0.2, -0.15) is 0 Å². The molecule has 1 saturated heterocycles. The Morgan fingerprint density at radius 2 is 1.85 bits per heavy atom. The third-order valence-corrected chi connectivity index (χ3v) is 5.90. The smallest absolute Gasteiger partial charge is 0.307 e. The molecule has 3 rings (SSSR count). The van der Waals surface area contributed by atoms with E-state index in [1.54, 1.807) is 36.5 Å².